The van der Waals surface area contributed by atoms with Gasteiger partial charge < -0.3 is 0 Å². The fraction of sp³-hybridized carbons (Fsp3) is 0.154. The molecule has 0 atom stereocenters. The van der Waals surface area contributed by atoms with Crippen molar-refractivity contribution in [3.05, 3.63) is 59.9 Å². The largest absolute Gasteiger partial charge is 0.264 e. The van der Waals surface area contributed by atoms with E-state index in [1.807, 2.05) is 18.2 Å². The highest BCUT2D eigenvalue weighted by Crippen LogP contribution is 2.16. The average Bonchev–Trinajstić information content (AvgIpc) is 2.37. The number of hydrogen-bond donors (Lipinski definition) is 1. The van der Waals surface area contributed by atoms with Crippen molar-refractivity contribution >= 4 is 22.4 Å². The first-order valence-corrected chi connectivity index (χ1v) is 7.11. The first kappa shape index (κ1) is 15.6. The lowest BCUT2D eigenvalue weighted by Gasteiger charge is -2.07. The molecule has 1 aromatic heterocycles. The quantitative estimate of drug-likeness (QED) is 0.937. The van der Waals surface area contributed by atoms with Gasteiger partial charge in [0.25, 0.3) is 0 Å². The third kappa shape index (κ3) is 4.31. The van der Waals surface area contributed by atoms with Gasteiger partial charge in [-0.15, -0.1) is 12.4 Å². The summed E-state index contributed by atoms with van der Waals surface area (Å²) in [5, 5.41) is 5.19. The normalized spacial score (nSPS) is 10.8. The monoisotopic (exact) mass is 298 g/mol. The molecule has 19 heavy (non-hydrogen) atoms. The minimum atomic E-state index is -3.65. The number of nitrogens with two attached hydrogens (primary N) is 1. The molecule has 1 heterocycles. The van der Waals surface area contributed by atoms with Crippen molar-refractivity contribution in [1.29, 1.82) is 0 Å². The Kier molecular flexibility index (Phi) is 5.47. The Morgan fingerprint density at radius 3 is 2.42 bits per heavy atom. The fourth-order valence-electron chi connectivity index (χ4n) is 1.81. The first-order chi connectivity index (χ1) is 8.57. The standard InChI is InChI=1S/C13H14N2O2S.ClH/c14-18(16,17)13-6-2-1-5-12(13)8-7-11-4-3-9-15-10-11;/h1-6,9-10H,7-8H2,(H2,14,16,17);1H. The van der Waals surface area contributed by atoms with E-state index in [9.17, 15) is 8.42 Å². The summed E-state index contributed by atoms with van der Waals surface area (Å²) in [7, 11) is -3.65. The highest BCUT2D eigenvalue weighted by molar-refractivity contribution is 7.89. The van der Waals surface area contributed by atoms with Crippen LogP contribution in [0, 0.1) is 0 Å². The van der Waals surface area contributed by atoms with Crippen molar-refractivity contribution in [3.63, 3.8) is 0 Å². The molecule has 1 aromatic carbocycles. The summed E-state index contributed by atoms with van der Waals surface area (Å²) in [5.41, 5.74) is 1.81. The van der Waals surface area contributed by atoms with Crippen molar-refractivity contribution in [3.8, 4) is 0 Å². The molecule has 0 saturated carbocycles. The first-order valence-electron chi connectivity index (χ1n) is 5.57. The average molecular weight is 299 g/mol. The van der Waals surface area contributed by atoms with Crippen LogP contribution in [0.2, 0.25) is 0 Å². The summed E-state index contributed by atoms with van der Waals surface area (Å²) in [4.78, 5) is 4.23. The van der Waals surface area contributed by atoms with Crippen LogP contribution in [0.4, 0.5) is 0 Å². The smallest absolute Gasteiger partial charge is 0.238 e. The molecule has 0 amide bonds. The van der Waals surface area contributed by atoms with Crippen molar-refractivity contribution in [2.24, 2.45) is 5.14 Å². The number of hydrogen-bond acceptors (Lipinski definition) is 3. The zero-order valence-corrected chi connectivity index (χ0v) is 11.8. The lowest BCUT2D eigenvalue weighted by molar-refractivity contribution is 0.596. The van der Waals surface area contributed by atoms with Gasteiger partial charge in [0, 0.05) is 12.4 Å². The van der Waals surface area contributed by atoms with Crippen LogP contribution >= 0.6 is 12.4 Å². The number of primary sulfonamides is 1. The number of halogens is 1. The summed E-state index contributed by atoms with van der Waals surface area (Å²) in [5.74, 6) is 0. The van der Waals surface area contributed by atoms with E-state index in [0.717, 1.165) is 17.5 Å². The van der Waals surface area contributed by atoms with Gasteiger partial charge in [-0.05, 0) is 36.1 Å². The SMILES string of the molecule is Cl.NS(=O)(=O)c1ccccc1CCc1cccnc1. The van der Waals surface area contributed by atoms with Crippen LogP contribution in [0.25, 0.3) is 0 Å². The second-order valence-corrected chi connectivity index (χ2v) is 5.54. The number of sulfonamides is 1. The summed E-state index contributed by atoms with van der Waals surface area (Å²) in [6.07, 6.45) is 4.85. The molecule has 2 aromatic rings. The maximum Gasteiger partial charge on any atom is 0.238 e. The third-order valence-electron chi connectivity index (χ3n) is 2.68. The van der Waals surface area contributed by atoms with Crippen molar-refractivity contribution in [2.75, 3.05) is 0 Å². The zero-order chi connectivity index (χ0) is 13.0. The van der Waals surface area contributed by atoms with Gasteiger partial charge in [0.2, 0.25) is 10.0 Å². The van der Waals surface area contributed by atoms with Crippen LogP contribution in [0.3, 0.4) is 0 Å². The Morgan fingerprint density at radius 2 is 1.79 bits per heavy atom. The van der Waals surface area contributed by atoms with Crippen LogP contribution in [0.5, 0.6) is 0 Å². The molecule has 0 aliphatic heterocycles. The Bertz CT molecular complexity index is 630. The van der Waals surface area contributed by atoms with Crippen molar-refractivity contribution in [2.45, 2.75) is 17.7 Å². The maximum absolute atomic E-state index is 11.4. The van der Waals surface area contributed by atoms with Crippen LogP contribution in [-0.2, 0) is 22.9 Å². The second kappa shape index (κ2) is 6.65. The molecule has 0 fully saturated rings. The van der Waals surface area contributed by atoms with Gasteiger partial charge in [-0.1, -0.05) is 24.3 Å². The zero-order valence-electron chi connectivity index (χ0n) is 10.2. The molecule has 2 rings (SSSR count). The molecular formula is C13H15ClN2O2S. The lowest BCUT2D eigenvalue weighted by atomic mass is 10.1. The lowest BCUT2D eigenvalue weighted by Crippen LogP contribution is -2.14. The van der Waals surface area contributed by atoms with E-state index in [4.69, 9.17) is 5.14 Å². The molecule has 6 heteroatoms. The van der Waals surface area contributed by atoms with E-state index in [1.54, 1.807) is 24.5 Å². The van der Waals surface area contributed by atoms with Crippen LogP contribution < -0.4 is 5.14 Å². The van der Waals surface area contributed by atoms with Gasteiger partial charge in [0.05, 0.1) is 4.90 Å². The number of benzene rings is 1. The maximum atomic E-state index is 11.4. The topological polar surface area (TPSA) is 73.1 Å². The van der Waals surface area contributed by atoms with E-state index in [0.29, 0.717) is 6.42 Å². The van der Waals surface area contributed by atoms with Crippen LogP contribution in [-0.4, -0.2) is 13.4 Å². The molecule has 4 nitrogen and oxygen atoms in total. The third-order valence-corrected chi connectivity index (χ3v) is 3.70. The highest BCUT2D eigenvalue weighted by atomic mass is 35.5. The molecule has 0 saturated heterocycles. The van der Waals surface area contributed by atoms with Crippen LogP contribution in [0.15, 0.2) is 53.7 Å². The predicted octanol–water partition coefficient (Wildman–Crippen LogP) is 1.94. The molecule has 0 bridgehead atoms. The number of aryl methyl sites for hydroxylation is 2. The van der Waals surface area contributed by atoms with Crippen LogP contribution in [0.1, 0.15) is 11.1 Å². The van der Waals surface area contributed by atoms with E-state index in [1.165, 1.54) is 6.07 Å². The Balaban J connectivity index is 0.00000180. The molecule has 0 unspecified atom stereocenters. The van der Waals surface area contributed by atoms with E-state index in [-0.39, 0.29) is 17.3 Å². The molecular weight excluding hydrogens is 284 g/mol. The number of nitrogens with zero attached hydrogens (tertiary/aromatic N) is 1. The Hall–Kier alpha value is -1.43. The summed E-state index contributed by atoms with van der Waals surface area (Å²) in [6.45, 7) is 0. The molecule has 2 N–H and O–H groups in total. The van der Waals surface area contributed by atoms with Gasteiger partial charge in [0.1, 0.15) is 0 Å². The highest BCUT2D eigenvalue weighted by Gasteiger charge is 2.12. The number of pyridine rings is 1. The van der Waals surface area contributed by atoms with E-state index >= 15 is 0 Å². The van der Waals surface area contributed by atoms with Gasteiger partial charge in [0.15, 0.2) is 0 Å². The van der Waals surface area contributed by atoms with Crippen molar-refractivity contribution < 1.29 is 8.42 Å². The predicted molar refractivity (Wildman–Crippen MR) is 76.7 cm³/mol. The molecule has 102 valence electrons. The second-order valence-electron chi connectivity index (χ2n) is 4.01. The Labute approximate surface area is 119 Å². The molecule has 0 radical (unpaired) electrons. The van der Waals surface area contributed by atoms with E-state index in [2.05, 4.69) is 4.98 Å². The summed E-state index contributed by atoms with van der Waals surface area (Å²) < 4.78 is 22.9. The number of rotatable bonds is 4. The fourth-order valence-corrected chi connectivity index (χ4v) is 2.62. The summed E-state index contributed by atoms with van der Waals surface area (Å²) in [6, 6.07) is 10.6. The summed E-state index contributed by atoms with van der Waals surface area (Å²) >= 11 is 0. The van der Waals surface area contributed by atoms with Gasteiger partial charge in [-0.3, -0.25) is 4.98 Å². The molecule has 0 aliphatic rings. The van der Waals surface area contributed by atoms with Gasteiger partial charge in [-0.25, -0.2) is 13.6 Å². The Morgan fingerprint density at radius 1 is 1.05 bits per heavy atom. The van der Waals surface area contributed by atoms with Gasteiger partial charge in [-0.2, -0.15) is 0 Å². The molecule has 0 spiro atoms. The minimum Gasteiger partial charge on any atom is -0.264 e. The minimum absolute atomic E-state index is 0. The molecule has 0 aliphatic carbocycles. The van der Waals surface area contributed by atoms with E-state index < -0.39 is 10.0 Å². The van der Waals surface area contributed by atoms with Gasteiger partial charge >= 0.3 is 0 Å². The van der Waals surface area contributed by atoms with Crippen molar-refractivity contribution in [1.82, 2.24) is 4.98 Å². The number of aromatic nitrogens is 1.